The van der Waals surface area contributed by atoms with Gasteiger partial charge in [-0.3, -0.25) is 9.80 Å². The Morgan fingerprint density at radius 3 is 2.38 bits per heavy atom. The molecule has 0 saturated carbocycles. The quantitative estimate of drug-likeness (QED) is 0.847. The summed E-state index contributed by atoms with van der Waals surface area (Å²) in [7, 11) is 0. The molecule has 1 unspecified atom stereocenters. The summed E-state index contributed by atoms with van der Waals surface area (Å²) in [5.74, 6) is 1.77. The maximum absolute atomic E-state index is 5.55. The number of hydrogen-bond donors (Lipinski definition) is 0. The maximum Gasteiger partial charge on any atom is 0.0622 e. The van der Waals surface area contributed by atoms with Crippen molar-refractivity contribution in [3.05, 3.63) is 35.4 Å². The predicted octanol–water partition coefficient (Wildman–Crippen LogP) is 2.15. The first kappa shape index (κ1) is 13.7. The Bertz CT molecular complexity index is 466. The van der Waals surface area contributed by atoms with Gasteiger partial charge < -0.3 is 4.74 Å². The number of aryl methyl sites for hydroxylation is 1. The predicted molar refractivity (Wildman–Crippen MR) is 84.2 cm³/mol. The van der Waals surface area contributed by atoms with E-state index in [0.717, 1.165) is 31.6 Å². The van der Waals surface area contributed by atoms with Gasteiger partial charge in [-0.2, -0.15) is 0 Å². The summed E-state index contributed by atoms with van der Waals surface area (Å²) in [6, 6.07) is 9.74. The molecule has 0 aromatic heterocycles. The van der Waals surface area contributed by atoms with E-state index >= 15 is 0 Å². The number of ether oxygens (including phenoxy) is 1. The molecule has 3 nitrogen and oxygen atoms in total. The van der Waals surface area contributed by atoms with Crippen LogP contribution in [0.25, 0.3) is 0 Å². The van der Waals surface area contributed by atoms with E-state index < -0.39 is 0 Å². The van der Waals surface area contributed by atoms with Gasteiger partial charge in [0.25, 0.3) is 0 Å². The first-order valence-electron chi connectivity index (χ1n) is 8.37. The molecule has 21 heavy (non-hydrogen) atoms. The number of fused-ring (bicyclic) bond motifs is 1. The molecule has 0 radical (unpaired) electrons. The fraction of sp³-hybridized carbons (Fsp3) is 0.667. The molecule has 0 spiro atoms. The fourth-order valence-electron chi connectivity index (χ4n) is 4.32. The molecule has 3 aliphatic heterocycles. The van der Waals surface area contributed by atoms with Gasteiger partial charge in [0.2, 0.25) is 0 Å². The molecule has 4 rings (SSSR count). The third kappa shape index (κ3) is 2.87. The van der Waals surface area contributed by atoms with Crippen molar-refractivity contribution in [3.63, 3.8) is 0 Å². The van der Waals surface area contributed by atoms with Gasteiger partial charge in [0.1, 0.15) is 0 Å². The molecule has 114 valence electrons. The van der Waals surface area contributed by atoms with Gasteiger partial charge in [-0.25, -0.2) is 0 Å². The Kier molecular flexibility index (Phi) is 3.74. The lowest BCUT2D eigenvalue weighted by atomic mass is 10.0. The van der Waals surface area contributed by atoms with Gasteiger partial charge in [-0.05, 0) is 30.7 Å². The molecular weight excluding hydrogens is 260 g/mol. The van der Waals surface area contributed by atoms with Gasteiger partial charge in [0, 0.05) is 45.4 Å². The molecule has 0 N–H and O–H groups in total. The highest BCUT2D eigenvalue weighted by Gasteiger charge is 2.42. The van der Waals surface area contributed by atoms with Crippen LogP contribution >= 0.6 is 0 Å². The lowest BCUT2D eigenvalue weighted by Crippen LogP contribution is -2.36. The van der Waals surface area contributed by atoms with E-state index in [2.05, 4.69) is 41.0 Å². The second-order valence-corrected chi connectivity index (χ2v) is 7.17. The Balaban J connectivity index is 1.32. The minimum absolute atomic E-state index is 0.709. The molecule has 1 aromatic rings. The number of rotatable bonds is 3. The first-order valence-corrected chi connectivity index (χ1v) is 8.37. The molecule has 1 aromatic carbocycles. The van der Waals surface area contributed by atoms with Gasteiger partial charge >= 0.3 is 0 Å². The van der Waals surface area contributed by atoms with Gasteiger partial charge in [-0.15, -0.1) is 0 Å². The zero-order valence-electron chi connectivity index (χ0n) is 13.0. The van der Waals surface area contributed by atoms with E-state index in [-0.39, 0.29) is 0 Å². The van der Waals surface area contributed by atoms with Crippen molar-refractivity contribution < 1.29 is 4.74 Å². The zero-order chi connectivity index (χ0) is 14.2. The second kappa shape index (κ2) is 5.71. The van der Waals surface area contributed by atoms with E-state index in [1.165, 1.54) is 43.7 Å². The van der Waals surface area contributed by atoms with Gasteiger partial charge in [-0.1, -0.05) is 29.8 Å². The van der Waals surface area contributed by atoms with E-state index in [1.54, 1.807) is 0 Å². The van der Waals surface area contributed by atoms with Crippen molar-refractivity contribution in [3.8, 4) is 0 Å². The average molecular weight is 286 g/mol. The SMILES string of the molecule is Cc1ccc(CN2C[C@@H]3CN(C4CCOC4)C[C@@H]3C2)cc1. The van der Waals surface area contributed by atoms with Crippen LogP contribution in [0.5, 0.6) is 0 Å². The van der Waals surface area contributed by atoms with E-state index in [1.807, 2.05) is 0 Å². The molecule has 0 amide bonds. The summed E-state index contributed by atoms with van der Waals surface area (Å²) in [5.41, 5.74) is 2.81. The van der Waals surface area contributed by atoms with Crippen molar-refractivity contribution in [2.75, 3.05) is 39.4 Å². The van der Waals surface area contributed by atoms with Crippen LogP contribution in [0.2, 0.25) is 0 Å². The van der Waals surface area contributed by atoms with Crippen LogP contribution < -0.4 is 0 Å². The molecular formula is C18H26N2O. The van der Waals surface area contributed by atoms with E-state index in [4.69, 9.17) is 4.74 Å². The Labute approximate surface area is 127 Å². The standard InChI is InChI=1S/C18H26N2O/c1-14-2-4-15(5-3-14)8-19-9-16-11-20(12-17(16)10-19)18-6-7-21-13-18/h2-5,16-18H,6-13H2,1H3/t16-,17+,18?. The minimum atomic E-state index is 0.709. The number of nitrogens with zero attached hydrogens (tertiary/aromatic N) is 2. The summed E-state index contributed by atoms with van der Waals surface area (Å²) in [5, 5.41) is 0. The summed E-state index contributed by atoms with van der Waals surface area (Å²) < 4.78 is 5.55. The largest absolute Gasteiger partial charge is 0.380 e. The molecule has 3 saturated heterocycles. The maximum atomic E-state index is 5.55. The van der Waals surface area contributed by atoms with Crippen LogP contribution in [-0.4, -0.2) is 55.2 Å². The molecule has 3 heterocycles. The zero-order valence-corrected chi connectivity index (χ0v) is 13.0. The molecule has 3 aliphatic rings. The highest BCUT2D eigenvalue weighted by Crippen LogP contribution is 2.34. The Hall–Kier alpha value is -0.900. The minimum Gasteiger partial charge on any atom is -0.380 e. The van der Waals surface area contributed by atoms with Crippen LogP contribution in [0.4, 0.5) is 0 Å². The Morgan fingerprint density at radius 1 is 1.05 bits per heavy atom. The van der Waals surface area contributed by atoms with Gasteiger partial charge in [0.05, 0.1) is 6.61 Å². The molecule has 3 atom stereocenters. The Morgan fingerprint density at radius 2 is 1.76 bits per heavy atom. The smallest absolute Gasteiger partial charge is 0.0622 e. The van der Waals surface area contributed by atoms with Gasteiger partial charge in [0.15, 0.2) is 0 Å². The van der Waals surface area contributed by atoms with Crippen LogP contribution in [0.15, 0.2) is 24.3 Å². The van der Waals surface area contributed by atoms with Crippen molar-refractivity contribution in [1.82, 2.24) is 9.80 Å². The van der Waals surface area contributed by atoms with Crippen molar-refractivity contribution in [2.45, 2.75) is 25.9 Å². The summed E-state index contributed by atoms with van der Waals surface area (Å²) in [6.45, 7) is 10.4. The average Bonchev–Trinajstić information content (AvgIpc) is 3.15. The van der Waals surface area contributed by atoms with Crippen LogP contribution in [-0.2, 0) is 11.3 Å². The second-order valence-electron chi connectivity index (χ2n) is 7.17. The third-order valence-electron chi connectivity index (χ3n) is 5.54. The number of likely N-dealkylation sites (tertiary alicyclic amines) is 2. The van der Waals surface area contributed by atoms with Crippen LogP contribution in [0.3, 0.4) is 0 Å². The van der Waals surface area contributed by atoms with Crippen LogP contribution in [0, 0.1) is 18.8 Å². The summed E-state index contributed by atoms with van der Waals surface area (Å²) >= 11 is 0. The lowest BCUT2D eigenvalue weighted by molar-refractivity contribution is 0.149. The monoisotopic (exact) mass is 286 g/mol. The number of benzene rings is 1. The molecule has 0 bridgehead atoms. The number of hydrogen-bond acceptors (Lipinski definition) is 3. The molecule has 3 fully saturated rings. The lowest BCUT2D eigenvalue weighted by Gasteiger charge is -2.25. The molecule has 3 heteroatoms. The van der Waals surface area contributed by atoms with E-state index in [9.17, 15) is 0 Å². The van der Waals surface area contributed by atoms with Crippen molar-refractivity contribution >= 4 is 0 Å². The van der Waals surface area contributed by atoms with Crippen molar-refractivity contribution in [1.29, 1.82) is 0 Å². The summed E-state index contributed by atoms with van der Waals surface area (Å²) in [6.07, 6.45) is 1.24. The first-order chi connectivity index (χ1) is 10.3. The van der Waals surface area contributed by atoms with Crippen LogP contribution in [0.1, 0.15) is 17.5 Å². The summed E-state index contributed by atoms with van der Waals surface area (Å²) in [4.78, 5) is 5.36. The fourth-order valence-corrected chi connectivity index (χ4v) is 4.32. The van der Waals surface area contributed by atoms with E-state index in [0.29, 0.717) is 6.04 Å². The normalized spacial score (nSPS) is 33.7. The molecule has 0 aliphatic carbocycles. The third-order valence-corrected chi connectivity index (χ3v) is 5.54. The highest BCUT2D eigenvalue weighted by atomic mass is 16.5. The van der Waals surface area contributed by atoms with Crippen molar-refractivity contribution in [2.24, 2.45) is 11.8 Å². The topological polar surface area (TPSA) is 15.7 Å². The highest BCUT2D eigenvalue weighted by molar-refractivity contribution is 5.21.